The Morgan fingerprint density at radius 2 is 1.80 bits per heavy atom. The lowest BCUT2D eigenvalue weighted by Gasteiger charge is -2.16. The van der Waals surface area contributed by atoms with Gasteiger partial charge in [-0.15, -0.1) is 0 Å². The predicted octanol–water partition coefficient (Wildman–Crippen LogP) is 3.11. The average molecular weight is 281 g/mol. The fourth-order valence-corrected chi connectivity index (χ4v) is 2.60. The Bertz CT molecular complexity index is 734. The van der Waals surface area contributed by atoms with Crippen molar-refractivity contribution in [2.24, 2.45) is 5.73 Å². The van der Waals surface area contributed by atoms with Gasteiger partial charge in [0.1, 0.15) is 0 Å². The van der Waals surface area contributed by atoms with E-state index in [1.54, 1.807) is 0 Å². The van der Waals surface area contributed by atoms with Crippen LogP contribution in [0.15, 0.2) is 60.8 Å². The molecule has 0 fully saturated rings. The summed E-state index contributed by atoms with van der Waals surface area (Å²) in [6, 6.07) is 18.2. The monoisotopic (exact) mass is 281 g/mol. The van der Waals surface area contributed by atoms with Gasteiger partial charge in [0, 0.05) is 5.39 Å². The predicted molar refractivity (Wildman–Crippen MR) is 85.7 cm³/mol. The maximum atomic E-state index is 5.92. The lowest BCUT2D eigenvalue weighted by molar-refractivity contribution is 0.608. The van der Waals surface area contributed by atoms with Gasteiger partial charge >= 0.3 is 0 Å². The highest BCUT2D eigenvalue weighted by atomic mass is 32.1. The molecular formula is C16H15N3S. The van der Waals surface area contributed by atoms with Crippen LogP contribution in [0.5, 0.6) is 0 Å². The molecule has 0 aliphatic heterocycles. The summed E-state index contributed by atoms with van der Waals surface area (Å²) in [5.41, 5.74) is 8.15. The molecule has 2 N–H and O–H groups in total. The molecule has 0 aliphatic carbocycles. The molecule has 0 saturated heterocycles. The van der Waals surface area contributed by atoms with Crippen LogP contribution < -0.4 is 5.73 Å². The number of hydrogen-bond donors (Lipinski definition) is 1. The van der Waals surface area contributed by atoms with Crippen LogP contribution in [0.2, 0.25) is 0 Å². The molecule has 1 unspecified atom stereocenters. The van der Waals surface area contributed by atoms with Crippen LogP contribution in [0.25, 0.3) is 10.9 Å². The topological polar surface area (TPSA) is 43.8 Å². The Morgan fingerprint density at radius 1 is 1.10 bits per heavy atom. The molecule has 0 spiro atoms. The second kappa shape index (κ2) is 5.43. The molecule has 0 amide bonds. The van der Waals surface area contributed by atoms with Crippen molar-refractivity contribution >= 4 is 28.1 Å². The molecule has 0 radical (unpaired) electrons. The van der Waals surface area contributed by atoms with Gasteiger partial charge in [0.25, 0.3) is 0 Å². The van der Waals surface area contributed by atoms with Crippen molar-refractivity contribution in [1.82, 2.24) is 9.78 Å². The van der Waals surface area contributed by atoms with E-state index in [2.05, 4.69) is 29.4 Å². The number of rotatable bonds is 4. The zero-order valence-corrected chi connectivity index (χ0v) is 11.8. The molecule has 1 heterocycles. The minimum atomic E-state index is -0.00509. The first-order valence-corrected chi connectivity index (χ1v) is 6.91. The number of para-hydroxylation sites is 1. The summed E-state index contributed by atoms with van der Waals surface area (Å²) >= 11 is 5.23. The third-order valence-corrected chi connectivity index (χ3v) is 3.74. The third-order valence-electron chi connectivity index (χ3n) is 3.45. The van der Waals surface area contributed by atoms with Crippen molar-refractivity contribution in [2.45, 2.75) is 12.5 Å². The second-order valence-electron chi connectivity index (χ2n) is 4.75. The van der Waals surface area contributed by atoms with Crippen LogP contribution in [0.3, 0.4) is 0 Å². The Hall–Kier alpha value is -2.20. The van der Waals surface area contributed by atoms with Gasteiger partial charge in [0.05, 0.1) is 29.2 Å². The van der Waals surface area contributed by atoms with Crippen molar-refractivity contribution in [3.8, 4) is 0 Å². The molecule has 0 aliphatic rings. The molecule has 3 rings (SSSR count). The molecular weight excluding hydrogens is 266 g/mol. The first-order chi connectivity index (χ1) is 9.75. The second-order valence-corrected chi connectivity index (χ2v) is 5.22. The standard InChI is InChI=1S/C16H15N3S/c17-16(20)14(12-6-2-1-3-7-12)11-19-15-9-5-4-8-13(15)10-18-19/h1-10,14H,11H2,(H2,17,20). The SMILES string of the molecule is NC(=S)C(Cn1ncc2ccccc21)c1ccccc1. The van der Waals surface area contributed by atoms with Crippen LogP contribution in [0.1, 0.15) is 11.5 Å². The molecule has 1 atom stereocenters. The quantitative estimate of drug-likeness (QED) is 0.747. The van der Waals surface area contributed by atoms with Gasteiger partial charge in [0.2, 0.25) is 0 Å². The van der Waals surface area contributed by atoms with E-state index in [-0.39, 0.29) is 5.92 Å². The number of thiocarbonyl (C=S) groups is 1. The largest absolute Gasteiger partial charge is 0.393 e. The molecule has 20 heavy (non-hydrogen) atoms. The van der Waals surface area contributed by atoms with Crippen LogP contribution >= 0.6 is 12.2 Å². The molecule has 3 nitrogen and oxygen atoms in total. The van der Waals surface area contributed by atoms with Crippen LogP contribution in [-0.2, 0) is 6.54 Å². The molecule has 4 heteroatoms. The molecule has 0 saturated carbocycles. The fraction of sp³-hybridized carbons (Fsp3) is 0.125. The Balaban J connectivity index is 1.97. The molecule has 3 aromatic rings. The third kappa shape index (κ3) is 2.42. The number of nitrogens with zero attached hydrogens (tertiary/aromatic N) is 2. The zero-order valence-electron chi connectivity index (χ0n) is 10.9. The van der Waals surface area contributed by atoms with E-state index in [1.165, 1.54) is 0 Å². The summed E-state index contributed by atoms with van der Waals surface area (Å²) in [6.45, 7) is 0.660. The average Bonchev–Trinajstić information content (AvgIpc) is 2.88. The van der Waals surface area contributed by atoms with Crippen molar-refractivity contribution in [3.63, 3.8) is 0 Å². The van der Waals surface area contributed by atoms with Crippen LogP contribution in [0, 0.1) is 0 Å². The highest BCUT2D eigenvalue weighted by Crippen LogP contribution is 2.21. The van der Waals surface area contributed by atoms with Gasteiger partial charge in [-0.1, -0.05) is 60.7 Å². The highest BCUT2D eigenvalue weighted by molar-refractivity contribution is 7.80. The van der Waals surface area contributed by atoms with Gasteiger partial charge in [-0.3, -0.25) is 4.68 Å². The van der Waals surface area contributed by atoms with Gasteiger partial charge in [-0.05, 0) is 11.6 Å². The van der Waals surface area contributed by atoms with Gasteiger partial charge in [0.15, 0.2) is 0 Å². The van der Waals surface area contributed by atoms with E-state index in [0.717, 1.165) is 16.5 Å². The van der Waals surface area contributed by atoms with Crippen molar-refractivity contribution in [1.29, 1.82) is 0 Å². The summed E-state index contributed by atoms with van der Waals surface area (Å²) < 4.78 is 1.96. The van der Waals surface area contributed by atoms with E-state index in [0.29, 0.717) is 11.5 Å². The summed E-state index contributed by atoms with van der Waals surface area (Å²) in [4.78, 5) is 0.496. The van der Waals surface area contributed by atoms with Crippen molar-refractivity contribution in [2.75, 3.05) is 0 Å². The van der Waals surface area contributed by atoms with Gasteiger partial charge < -0.3 is 5.73 Å². The zero-order chi connectivity index (χ0) is 13.9. The smallest absolute Gasteiger partial charge is 0.0822 e. The highest BCUT2D eigenvalue weighted by Gasteiger charge is 2.16. The fourth-order valence-electron chi connectivity index (χ4n) is 2.39. The van der Waals surface area contributed by atoms with Gasteiger partial charge in [-0.2, -0.15) is 5.10 Å². The summed E-state index contributed by atoms with van der Waals surface area (Å²) in [6.07, 6.45) is 1.87. The minimum Gasteiger partial charge on any atom is -0.393 e. The van der Waals surface area contributed by atoms with Crippen LogP contribution in [-0.4, -0.2) is 14.8 Å². The number of fused-ring (bicyclic) bond motifs is 1. The van der Waals surface area contributed by atoms with E-state index < -0.39 is 0 Å². The van der Waals surface area contributed by atoms with Gasteiger partial charge in [-0.25, -0.2) is 0 Å². The summed E-state index contributed by atoms with van der Waals surface area (Å²) in [5.74, 6) is -0.00509. The lowest BCUT2D eigenvalue weighted by atomic mass is 9.99. The van der Waals surface area contributed by atoms with E-state index in [4.69, 9.17) is 18.0 Å². The summed E-state index contributed by atoms with van der Waals surface area (Å²) in [7, 11) is 0. The molecule has 1 aromatic heterocycles. The van der Waals surface area contributed by atoms with E-state index in [9.17, 15) is 0 Å². The molecule has 2 aromatic carbocycles. The molecule has 0 bridgehead atoms. The maximum absolute atomic E-state index is 5.92. The number of nitrogens with two attached hydrogens (primary N) is 1. The first kappa shape index (κ1) is 12.8. The maximum Gasteiger partial charge on any atom is 0.0822 e. The van der Waals surface area contributed by atoms with E-state index >= 15 is 0 Å². The molecule has 100 valence electrons. The minimum absolute atomic E-state index is 0.00509. The summed E-state index contributed by atoms with van der Waals surface area (Å²) in [5, 5.41) is 5.57. The Labute approximate surface area is 123 Å². The number of benzene rings is 2. The van der Waals surface area contributed by atoms with Crippen LogP contribution in [0.4, 0.5) is 0 Å². The number of hydrogen-bond acceptors (Lipinski definition) is 2. The lowest BCUT2D eigenvalue weighted by Crippen LogP contribution is -2.24. The Kier molecular flexibility index (Phi) is 3.48. The van der Waals surface area contributed by atoms with E-state index in [1.807, 2.05) is 41.2 Å². The Morgan fingerprint density at radius 3 is 2.55 bits per heavy atom. The van der Waals surface area contributed by atoms with Crippen molar-refractivity contribution < 1.29 is 0 Å². The first-order valence-electron chi connectivity index (χ1n) is 6.50. The normalized spacial score (nSPS) is 12.4. The van der Waals surface area contributed by atoms with Crippen molar-refractivity contribution in [3.05, 3.63) is 66.4 Å². The number of aromatic nitrogens is 2.